The number of fused-ring (bicyclic) bond motifs is 2. The van der Waals surface area contributed by atoms with Gasteiger partial charge in [0.1, 0.15) is 0 Å². The maximum absolute atomic E-state index is 11.8. The molecule has 0 saturated carbocycles. The average molecular weight is 279 g/mol. The van der Waals surface area contributed by atoms with Gasteiger partial charge in [0.2, 0.25) is 0 Å². The van der Waals surface area contributed by atoms with Crippen LogP contribution in [0.15, 0.2) is 30.5 Å². The number of carbonyl (C=O) groups is 1. The normalized spacial score (nSPS) is 16.1. The molecule has 1 aliphatic heterocycles. The Bertz CT molecular complexity index is 883. The van der Waals surface area contributed by atoms with Crippen LogP contribution in [-0.2, 0) is 0 Å². The van der Waals surface area contributed by atoms with E-state index in [4.69, 9.17) is 5.73 Å². The van der Waals surface area contributed by atoms with Crippen LogP contribution in [0.3, 0.4) is 0 Å². The SMILES string of the molecule is CC1Nc2ccccc2-c2c(C(N)=O)nnc3[nH]cc1c23. The minimum atomic E-state index is -0.573. The Hall–Kier alpha value is -2.89. The van der Waals surface area contributed by atoms with Crippen LogP contribution in [0.4, 0.5) is 5.69 Å². The quantitative estimate of drug-likeness (QED) is 0.636. The zero-order chi connectivity index (χ0) is 14.6. The molecule has 3 heterocycles. The first-order chi connectivity index (χ1) is 10.2. The Balaban J connectivity index is 2.22. The lowest BCUT2D eigenvalue weighted by molar-refractivity contribution is 0.0995. The summed E-state index contributed by atoms with van der Waals surface area (Å²) < 4.78 is 0. The molecule has 104 valence electrons. The molecule has 1 unspecified atom stereocenters. The van der Waals surface area contributed by atoms with E-state index in [0.29, 0.717) is 5.65 Å². The molecule has 3 aromatic rings. The maximum Gasteiger partial charge on any atom is 0.269 e. The Kier molecular flexibility index (Phi) is 2.29. The molecular weight excluding hydrogens is 266 g/mol. The zero-order valence-corrected chi connectivity index (χ0v) is 11.3. The molecule has 0 bridgehead atoms. The lowest BCUT2D eigenvalue weighted by atomic mass is 9.98. The second-order valence-corrected chi connectivity index (χ2v) is 5.17. The summed E-state index contributed by atoms with van der Waals surface area (Å²) in [6, 6.07) is 7.92. The molecule has 4 N–H and O–H groups in total. The first kappa shape index (κ1) is 11.9. The summed E-state index contributed by atoms with van der Waals surface area (Å²) in [5, 5.41) is 12.4. The smallest absolute Gasteiger partial charge is 0.269 e. The fourth-order valence-corrected chi connectivity index (χ4v) is 2.95. The maximum atomic E-state index is 11.8. The highest BCUT2D eigenvalue weighted by atomic mass is 16.1. The van der Waals surface area contributed by atoms with Crippen molar-refractivity contribution in [3.63, 3.8) is 0 Å². The molecule has 0 aliphatic carbocycles. The summed E-state index contributed by atoms with van der Waals surface area (Å²) in [5.41, 5.74) is 10.0. The van der Waals surface area contributed by atoms with Gasteiger partial charge in [0, 0.05) is 34.0 Å². The number of anilines is 1. The van der Waals surface area contributed by atoms with Gasteiger partial charge in [0.15, 0.2) is 11.3 Å². The van der Waals surface area contributed by atoms with E-state index in [-0.39, 0.29) is 11.7 Å². The van der Waals surface area contributed by atoms with Crippen LogP contribution in [0.1, 0.15) is 29.0 Å². The number of H-pyrrole nitrogens is 1. The average Bonchev–Trinajstić information content (AvgIpc) is 2.85. The highest BCUT2D eigenvalue weighted by molar-refractivity contribution is 6.09. The largest absolute Gasteiger partial charge is 0.378 e. The van der Waals surface area contributed by atoms with Crippen LogP contribution in [0.2, 0.25) is 0 Å². The number of hydrogen-bond acceptors (Lipinski definition) is 4. The molecular formula is C15H13N5O. The van der Waals surface area contributed by atoms with E-state index in [1.54, 1.807) is 0 Å². The molecule has 1 amide bonds. The number of nitrogens with two attached hydrogens (primary N) is 1. The third kappa shape index (κ3) is 1.56. The first-order valence-electron chi connectivity index (χ1n) is 6.70. The van der Waals surface area contributed by atoms with Gasteiger partial charge in [-0.15, -0.1) is 10.2 Å². The van der Waals surface area contributed by atoms with E-state index in [1.807, 2.05) is 30.5 Å². The van der Waals surface area contributed by atoms with Crippen LogP contribution in [0, 0.1) is 0 Å². The number of para-hydroxylation sites is 1. The van der Waals surface area contributed by atoms with Gasteiger partial charge in [-0.05, 0) is 13.0 Å². The Morgan fingerprint density at radius 1 is 1.29 bits per heavy atom. The summed E-state index contributed by atoms with van der Waals surface area (Å²) in [7, 11) is 0. The molecule has 6 heteroatoms. The van der Waals surface area contributed by atoms with Gasteiger partial charge in [-0.3, -0.25) is 4.79 Å². The van der Waals surface area contributed by atoms with Crippen molar-refractivity contribution >= 4 is 22.6 Å². The van der Waals surface area contributed by atoms with Crippen LogP contribution < -0.4 is 11.1 Å². The number of aromatic amines is 1. The number of primary amides is 1. The van der Waals surface area contributed by atoms with Crippen molar-refractivity contribution in [2.24, 2.45) is 5.73 Å². The fourth-order valence-electron chi connectivity index (χ4n) is 2.95. The Morgan fingerprint density at radius 3 is 2.90 bits per heavy atom. The molecule has 6 nitrogen and oxygen atoms in total. The van der Waals surface area contributed by atoms with Crippen LogP contribution in [0.5, 0.6) is 0 Å². The van der Waals surface area contributed by atoms with Crippen molar-refractivity contribution in [1.82, 2.24) is 15.2 Å². The summed E-state index contributed by atoms with van der Waals surface area (Å²) in [6.45, 7) is 2.07. The van der Waals surface area contributed by atoms with Gasteiger partial charge >= 0.3 is 0 Å². The molecule has 0 saturated heterocycles. The van der Waals surface area contributed by atoms with Crippen LogP contribution in [0.25, 0.3) is 22.2 Å². The first-order valence-corrected chi connectivity index (χ1v) is 6.70. The standard InChI is InChI=1S/C15H13N5O/c1-7-9-6-17-15-12(9)11(13(14(16)21)19-20-15)8-4-2-3-5-10(8)18-7/h2-7,18H,1H3,(H2,16,21)(H,17,20). The van der Waals surface area contributed by atoms with Crippen molar-refractivity contribution in [3.05, 3.63) is 41.7 Å². The van der Waals surface area contributed by atoms with Crippen molar-refractivity contribution in [1.29, 1.82) is 0 Å². The Labute approximate surface area is 120 Å². The number of hydrogen-bond donors (Lipinski definition) is 3. The minimum absolute atomic E-state index is 0.0890. The molecule has 0 radical (unpaired) electrons. The number of benzene rings is 1. The number of nitrogens with one attached hydrogen (secondary N) is 2. The molecule has 4 rings (SSSR count). The summed E-state index contributed by atoms with van der Waals surface area (Å²) >= 11 is 0. The van der Waals surface area contributed by atoms with Crippen molar-refractivity contribution < 1.29 is 4.79 Å². The third-order valence-corrected chi connectivity index (χ3v) is 3.89. The lowest BCUT2D eigenvalue weighted by Crippen LogP contribution is -2.15. The summed E-state index contributed by atoms with van der Waals surface area (Å²) in [6.07, 6.45) is 1.90. The van der Waals surface area contributed by atoms with Crippen LogP contribution in [-0.4, -0.2) is 21.1 Å². The summed E-state index contributed by atoms with van der Waals surface area (Å²) in [5.74, 6) is -0.573. The molecule has 0 spiro atoms. The van der Waals surface area contributed by atoms with Gasteiger partial charge in [-0.25, -0.2) is 0 Å². The molecule has 1 atom stereocenters. The van der Waals surface area contributed by atoms with Gasteiger partial charge in [-0.2, -0.15) is 0 Å². The molecule has 1 aliphatic rings. The molecule has 2 aromatic heterocycles. The highest BCUT2D eigenvalue weighted by Gasteiger charge is 2.26. The zero-order valence-electron chi connectivity index (χ0n) is 11.3. The van der Waals surface area contributed by atoms with Gasteiger partial charge in [0.05, 0.1) is 6.04 Å². The van der Waals surface area contributed by atoms with E-state index in [1.165, 1.54) is 0 Å². The second kappa shape index (κ2) is 4.05. The van der Waals surface area contributed by atoms with E-state index in [9.17, 15) is 4.79 Å². The lowest BCUT2D eigenvalue weighted by Gasteiger charge is -2.13. The number of amides is 1. The van der Waals surface area contributed by atoms with Gasteiger partial charge in [0.25, 0.3) is 5.91 Å². The Morgan fingerprint density at radius 2 is 2.10 bits per heavy atom. The topological polar surface area (TPSA) is 96.7 Å². The second-order valence-electron chi connectivity index (χ2n) is 5.17. The number of aromatic nitrogens is 3. The van der Waals surface area contributed by atoms with E-state index in [0.717, 1.165) is 27.8 Å². The van der Waals surface area contributed by atoms with E-state index < -0.39 is 5.91 Å². The van der Waals surface area contributed by atoms with Crippen LogP contribution >= 0.6 is 0 Å². The van der Waals surface area contributed by atoms with Crippen molar-refractivity contribution in [2.45, 2.75) is 13.0 Å². The number of rotatable bonds is 1. The monoisotopic (exact) mass is 279 g/mol. The minimum Gasteiger partial charge on any atom is -0.378 e. The van der Waals surface area contributed by atoms with Gasteiger partial charge < -0.3 is 16.0 Å². The third-order valence-electron chi connectivity index (χ3n) is 3.89. The fraction of sp³-hybridized carbons (Fsp3) is 0.133. The van der Waals surface area contributed by atoms with E-state index >= 15 is 0 Å². The van der Waals surface area contributed by atoms with E-state index in [2.05, 4.69) is 27.4 Å². The predicted octanol–water partition coefficient (Wildman–Crippen LogP) is 2.21. The number of nitrogens with zero attached hydrogens (tertiary/aromatic N) is 2. The van der Waals surface area contributed by atoms with Crippen molar-refractivity contribution in [2.75, 3.05) is 5.32 Å². The summed E-state index contributed by atoms with van der Waals surface area (Å²) in [4.78, 5) is 14.9. The van der Waals surface area contributed by atoms with Gasteiger partial charge in [-0.1, -0.05) is 18.2 Å². The molecule has 0 fully saturated rings. The highest BCUT2D eigenvalue weighted by Crippen LogP contribution is 2.42. The molecule has 1 aromatic carbocycles. The number of carbonyl (C=O) groups excluding carboxylic acids is 1. The molecule has 21 heavy (non-hydrogen) atoms. The predicted molar refractivity (Wildman–Crippen MR) is 79.9 cm³/mol. The van der Waals surface area contributed by atoms with Crippen molar-refractivity contribution in [3.8, 4) is 11.1 Å².